The molecular formula is C18H27NO2. The molecule has 1 atom stereocenters. The summed E-state index contributed by atoms with van der Waals surface area (Å²) in [5, 5.41) is 9.35. The minimum atomic E-state index is -0.722. The largest absolute Gasteiger partial charge is 0.481 e. The number of hydrogen-bond acceptors (Lipinski definition) is 2. The lowest BCUT2D eigenvalue weighted by Crippen LogP contribution is -2.47. The molecule has 21 heavy (non-hydrogen) atoms. The third kappa shape index (κ3) is 3.85. The number of benzene rings is 1. The Balaban J connectivity index is 2.27. The lowest BCUT2D eigenvalue weighted by atomic mass is 9.84. The number of aryl methyl sites for hydroxylation is 1. The first kappa shape index (κ1) is 16.0. The van der Waals surface area contributed by atoms with Gasteiger partial charge in [-0.1, -0.05) is 44.0 Å². The van der Waals surface area contributed by atoms with Crippen LogP contribution < -0.4 is 0 Å². The summed E-state index contributed by atoms with van der Waals surface area (Å²) < 4.78 is 0. The third-order valence-corrected chi connectivity index (χ3v) is 4.66. The van der Waals surface area contributed by atoms with Gasteiger partial charge >= 0.3 is 5.97 Å². The normalized spacial score (nSPS) is 19.1. The molecule has 1 unspecified atom stereocenters. The number of nitrogens with zero attached hydrogens (tertiary/aromatic N) is 1. The van der Waals surface area contributed by atoms with E-state index in [1.165, 1.54) is 24.8 Å². The highest BCUT2D eigenvalue weighted by Crippen LogP contribution is 2.34. The molecule has 0 amide bonds. The molecule has 116 valence electrons. The van der Waals surface area contributed by atoms with Crippen LogP contribution in [-0.2, 0) is 16.8 Å². The summed E-state index contributed by atoms with van der Waals surface area (Å²) in [6.45, 7) is 6.26. The molecule has 3 heteroatoms. The fourth-order valence-corrected chi connectivity index (χ4v) is 3.40. The fraction of sp³-hybridized carbons (Fsp3) is 0.611. The van der Waals surface area contributed by atoms with E-state index >= 15 is 0 Å². The van der Waals surface area contributed by atoms with E-state index in [0.29, 0.717) is 0 Å². The molecule has 2 rings (SSSR count). The molecule has 1 aliphatic rings. The Labute approximate surface area is 128 Å². The van der Waals surface area contributed by atoms with Crippen molar-refractivity contribution in [2.24, 2.45) is 0 Å². The van der Waals surface area contributed by atoms with Crippen molar-refractivity contribution in [2.75, 3.05) is 13.1 Å². The van der Waals surface area contributed by atoms with Gasteiger partial charge in [-0.3, -0.25) is 9.69 Å². The summed E-state index contributed by atoms with van der Waals surface area (Å²) >= 11 is 0. The Morgan fingerprint density at radius 3 is 2.33 bits per heavy atom. The highest BCUT2D eigenvalue weighted by atomic mass is 16.4. The van der Waals surface area contributed by atoms with Crippen molar-refractivity contribution in [2.45, 2.75) is 57.9 Å². The first-order valence-electron chi connectivity index (χ1n) is 8.12. The van der Waals surface area contributed by atoms with Gasteiger partial charge < -0.3 is 5.11 Å². The monoisotopic (exact) mass is 289 g/mol. The predicted octanol–water partition coefficient (Wildman–Crippen LogP) is 3.81. The number of hydrogen-bond donors (Lipinski definition) is 1. The van der Waals surface area contributed by atoms with E-state index in [4.69, 9.17) is 0 Å². The highest BCUT2D eigenvalue weighted by Gasteiger charge is 2.36. The Morgan fingerprint density at radius 2 is 1.81 bits per heavy atom. The second kappa shape index (κ2) is 7.08. The van der Waals surface area contributed by atoms with E-state index in [2.05, 4.69) is 43.0 Å². The van der Waals surface area contributed by atoms with Crippen LogP contribution in [0.5, 0.6) is 0 Å². The summed E-state index contributed by atoms with van der Waals surface area (Å²) in [6.07, 6.45) is 5.99. The zero-order valence-corrected chi connectivity index (χ0v) is 13.3. The standard InChI is InChI=1S/C18H27NO2/c1-3-7-15-8-10-16(11-9-15)18(2,14-17(20)21)19-12-5-4-6-13-19/h8-11H,3-7,12-14H2,1-2H3,(H,20,21). The van der Waals surface area contributed by atoms with E-state index in [9.17, 15) is 9.90 Å². The number of carboxylic acids is 1. The number of carbonyl (C=O) groups is 1. The van der Waals surface area contributed by atoms with Crippen LogP contribution in [0.4, 0.5) is 0 Å². The van der Waals surface area contributed by atoms with Crippen LogP contribution in [0.1, 0.15) is 57.1 Å². The number of rotatable bonds is 6. The van der Waals surface area contributed by atoms with Crippen LogP contribution in [0.15, 0.2) is 24.3 Å². The Hall–Kier alpha value is -1.35. The van der Waals surface area contributed by atoms with Gasteiger partial charge in [-0.2, -0.15) is 0 Å². The topological polar surface area (TPSA) is 40.5 Å². The van der Waals surface area contributed by atoms with E-state index < -0.39 is 11.5 Å². The summed E-state index contributed by atoms with van der Waals surface area (Å²) in [7, 11) is 0. The average Bonchev–Trinajstić information content (AvgIpc) is 2.48. The number of carboxylic acid groups (broad SMARTS) is 1. The summed E-state index contributed by atoms with van der Waals surface area (Å²) in [5.74, 6) is -0.722. The van der Waals surface area contributed by atoms with Crippen LogP contribution in [-0.4, -0.2) is 29.1 Å². The highest BCUT2D eigenvalue weighted by molar-refractivity contribution is 5.69. The molecule has 1 aromatic carbocycles. The SMILES string of the molecule is CCCc1ccc(C(C)(CC(=O)O)N2CCCCC2)cc1. The lowest BCUT2D eigenvalue weighted by molar-refractivity contribution is -0.140. The van der Waals surface area contributed by atoms with Crippen molar-refractivity contribution < 1.29 is 9.90 Å². The van der Waals surface area contributed by atoms with Gasteiger partial charge in [0.05, 0.1) is 12.0 Å². The molecule has 0 bridgehead atoms. The van der Waals surface area contributed by atoms with E-state index in [0.717, 1.165) is 31.5 Å². The van der Waals surface area contributed by atoms with E-state index in [1.54, 1.807) is 0 Å². The van der Waals surface area contributed by atoms with Gasteiger partial charge in [0.2, 0.25) is 0 Å². The molecule has 0 saturated carbocycles. The molecule has 1 saturated heterocycles. The molecule has 3 nitrogen and oxygen atoms in total. The molecule has 0 aliphatic carbocycles. The Morgan fingerprint density at radius 1 is 1.19 bits per heavy atom. The van der Waals surface area contributed by atoms with Gasteiger partial charge in [0.1, 0.15) is 0 Å². The van der Waals surface area contributed by atoms with Crippen LogP contribution >= 0.6 is 0 Å². The van der Waals surface area contributed by atoms with Gasteiger partial charge in [-0.25, -0.2) is 0 Å². The predicted molar refractivity (Wildman–Crippen MR) is 85.5 cm³/mol. The van der Waals surface area contributed by atoms with E-state index in [1.807, 2.05) is 0 Å². The maximum atomic E-state index is 11.4. The molecule has 0 radical (unpaired) electrons. The minimum Gasteiger partial charge on any atom is -0.481 e. The second-order valence-electron chi connectivity index (χ2n) is 6.34. The van der Waals surface area contributed by atoms with Gasteiger partial charge in [-0.15, -0.1) is 0 Å². The van der Waals surface area contributed by atoms with Gasteiger partial charge in [0, 0.05) is 0 Å². The van der Waals surface area contributed by atoms with Crippen molar-refractivity contribution in [3.8, 4) is 0 Å². The quantitative estimate of drug-likeness (QED) is 0.865. The minimum absolute atomic E-state index is 0.167. The third-order valence-electron chi connectivity index (χ3n) is 4.66. The van der Waals surface area contributed by atoms with Crippen molar-refractivity contribution in [1.82, 2.24) is 4.90 Å². The Bertz CT molecular complexity index is 463. The zero-order valence-electron chi connectivity index (χ0n) is 13.3. The molecule has 1 N–H and O–H groups in total. The van der Waals surface area contributed by atoms with Crippen molar-refractivity contribution in [3.05, 3.63) is 35.4 Å². The van der Waals surface area contributed by atoms with Gasteiger partial charge in [0.25, 0.3) is 0 Å². The maximum Gasteiger partial charge on any atom is 0.305 e. The molecule has 1 fully saturated rings. The molecular weight excluding hydrogens is 262 g/mol. The fourth-order valence-electron chi connectivity index (χ4n) is 3.40. The summed E-state index contributed by atoms with van der Waals surface area (Å²) in [6, 6.07) is 8.57. The second-order valence-corrected chi connectivity index (χ2v) is 6.34. The number of piperidine rings is 1. The molecule has 1 heterocycles. The van der Waals surface area contributed by atoms with Crippen LogP contribution in [0.2, 0.25) is 0 Å². The van der Waals surface area contributed by atoms with E-state index in [-0.39, 0.29) is 6.42 Å². The van der Waals surface area contributed by atoms with Crippen LogP contribution in [0, 0.1) is 0 Å². The number of likely N-dealkylation sites (tertiary alicyclic amines) is 1. The van der Waals surface area contributed by atoms with Gasteiger partial charge in [0.15, 0.2) is 0 Å². The maximum absolute atomic E-state index is 11.4. The summed E-state index contributed by atoms with van der Waals surface area (Å²) in [5.41, 5.74) is 2.07. The molecule has 0 aromatic heterocycles. The van der Waals surface area contributed by atoms with Crippen LogP contribution in [0.3, 0.4) is 0 Å². The Kier molecular flexibility index (Phi) is 5.40. The first-order chi connectivity index (χ1) is 10.1. The molecule has 1 aliphatic heterocycles. The smallest absolute Gasteiger partial charge is 0.305 e. The van der Waals surface area contributed by atoms with Crippen molar-refractivity contribution >= 4 is 5.97 Å². The zero-order chi connectivity index (χ0) is 15.3. The van der Waals surface area contributed by atoms with Crippen molar-refractivity contribution in [3.63, 3.8) is 0 Å². The first-order valence-corrected chi connectivity index (χ1v) is 8.12. The van der Waals surface area contributed by atoms with Crippen molar-refractivity contribution in [1.29, 1.82) is 0 Å². The summed E-state index contributed by atoms with van der Waals surface area (Å²) in [4.78, 5) is 13.7. The average molecular weight is 289 g/mol. The molecule has 1 aromatic rings. The lowest BCUT2D eigenvalue weighted by Gasteiger charge is -2.43. The number of aliphatic carboxylic acids is 1. The van der Waals surface area contributed by atoms with Gasteiger partial charge in [-0.05, 0) is 50.4 Å². The van der Waals surface area contributed by atoms with Crippen LogP contribution in [0.25, 0.3) is 0 Å². The molecule has 0 spiro atoms.